The van der Waals surface area contributed by atoms with Crippen molar-refractivity contribution in [2.75, 3.05) is 4.90 Å². The van der Waals surface area contributed by atoms with Crippen molar-refractivity contribution >= 4 is 46.1 Å². The van der Waals surface area contributed by atoms with Crippen LogP contribution in [0.1, 0.15) is 33.7 Å². The average Bonchev–Trinajstić information content (AvgIpc) is 3.35. The number of hydrogen-bond donors (Lipinski definition) is 1. The second kappa shape index (κ2) is 10.3. The highest BCUT2D eigenvalue weighted by Crippen LogP contribution is 2.63. The van der Waals surface area contributed by atoms with Crippen molar-refractivity contribution < 1.29 is 19.3 Å². The Morgan fingerprint density at radius 3 is 2.15 bits per heavy atom. The van der Waals surface area contributed by atoms with E-state index in [0.717, 1.165) is 43.5 Å². The summed E-state index contributed by atoms with van der Waals surface area (Å²) in [6.07, 6.45) is 1.74. The van der Waals surface area contributed by atoms with Gasteiger partial charge in [-0.25, -0.2) is 10.3 Å². The van der Waals surface area contributed by atoms with Gasteiger partial charge in [0, 0.05) is 24.3 Å². The Morgan fingerprint density at radius 2 is 1.46 bits per heavy atom. The van der Waals surface area contributed by atoms with Crippen LogP contribution >= 0.6 is 0 Å². The van der Waals surface area contributed by atoms with Crippen LogP contribution < -0.4 is 10.3 Å². The number of carbonyl (C=O) groups excluding carboxylic acids is 3. The first kappa shape index (κ1) is 27.6. The number of nitrogens with zero attached hydrogens (tertiary/aromatic N) is 3. The molecule has 1 N–H and O–H groups in total. The van der Waals surface area contributed by atoms with E-state index >= 15 is 0 Å². The first-order valence-corrected chi connectivity index (χ1v) is 15.0. The van der Waals surface area contributed by atoms with Crippen molar-refractivity contribution in [3.05, 3.63) is 153 Å². The molecule has 46 heavy (non-hydrogen) atoms. The number of nitrogens with one attached hydrogen (secondary N) is 1. The smallest absolute Gasteiger partial charge is 0.269 e. The second-order valence-corrected chi connectivity index (χ2v) is 11.9. The minimum absolute atomic E-state index is 0.109. The molecule has 2 atom stereocenters. The van der Waals surface area contributed by atoms with Gasteiger partial charge in [-0.05, 0) is 50.7 Å². The van der Waals surface area contributed by atoms with Crippen LogP contribution in [0.15, 0.2) is 120 Å². The average molecular weight is 607 g/mol. The third-order valence-electron chi connectivity index (χ3n) is 9.69. The second-order valence-electron chi connectivity index (χ2n) is 11.9. The fraction of sp³-hybridized carbons (Fsp3) is 0.135. The molecule has 1 heterocycles. The highest BCUT2D eigenvalue weighted by molar-refractivity contribution is 6.25. The zero-order chi connectivity index (χ0) is 31.6. The molecule has 4 aliphatic rings. The van der Waals surface area contributed by atoms with Crippen molar-refractivity contribution in [1.29, 1.82) is 0 Å². The molecule has 1 fully saturated rings. The van der Waals surface area contributed by atoms with Crippen molar-refractivity contribution in [1.82, 2.24) is 5.43 Å². The molecule has 3 aliphatic carbocycles. The number of benzene rings is 5. The van der Waals surface area contributed by atoms with E-state index < -0.39 is 28.1 Å². The number of fused-ring (bicyclic) bond motifs is 1. The van der Waals surface area contributed by atoms with Crippen LogP contribution in [0.3, 0.4) is 0 Å². The predicted octanol–water partition coefficient (Wildman–Crippen LogP) is 5.64. The molecule has 2 bridgehead atoms. The number of nitro groups is 1. The Morgan fingerprint density at radius 1 is 0.826 bits per heavy atom. The lowest BCUT2D eigenvalue weighted by molar-refractivity contribution is -0.384. The number of amides is 3. The van der Waals surface area contributed by atoms with E-state index in [1.165, 1.54) is 24.3 Å². The maximum Gasteiger partial charge on any atom is 0.269 e. The van der Waals surface area contributed by atoms with Crippen molar-refractivity contribution in [3.63, 3.8) is 0 Å². The summed E-state index contributed by atoms with van der Waals surface area (Å²) < 4.78 is 0. The largest absolute Gasteiger partial charge is 0.274 e. The van der Waals surface area contributed by atoms with Gasteiger partial charge in [0.2, 0.25) is 17.7 Å². The first-order valence-electron chi connectivity index (χ1n) is 15.0. The van der Waals surface area contributed by atoms with Crippen LogP contribution in [0.2, 0.25) is 0 Å². The number of carbonyl (C=O) groups is 3. The summed E-state index contributed by atoms with van der Waals surface area (Å²) in [6.45, 7) is 0. The zero-order valence-corrected chi connectivity index (χ0v) is 24.4. The van der Waals surface area contributed by atoms with E-state index in [2.05, 4.69) is 10.5 Å². The summed E-state index contributed by atoms with van der Waals surface area (Å²) in [4.78, 5) is 53.9. The number of rotatable bonds is 6. The van der Waals surface area contributed by atoms with E-state index in [1.54, 1.807) is 6.21 Å². The molecule has 0 saturated carbocycles. The van der Waals surface area contributed by atoms with Gasteiger partial charge in [0.1, 0.15) is 0 Å². The molecule has 1 aliphatic heterocycles. The molecule has 0 aromatic heterocycles. The van der Waals surface area contributed by atoms with E-state index in [0.29, 0.717) is 0 Å². The summed E-state index contributed by atoms with van der Waals surface area (Å²) in [6, 6.07) is 34.7. The summed E-state index contributed by atoms with van der Waals surface area (Å²) in [5.74, 6) is -3.03. The molecule has 9 heteroatoms. The van der Waals surface area contributed by atoms with Gasteiger partial charge in [0.25, 0.3) is 5.69 Å². The molecule has 0 unspecified atom stereocenters. The van der Waals surface area contributed by atoms with Crippen LogP contribution in [0.4, 0.5) is 11.4 Å². The zero-order valence-electron chi connectivity index (χ0n) is 24.4. The number of hydrazone groups is 1. The Bertz CT molecular complexity index is 2090. The molecule has 1 saturated heterocycles. The van der Waals surface area contributed by atoms with Gasteiger partial charge >= 0.3 is 0 Å². The van der Waals surface area contributed by atoms with Gasteiger partial charge in [-0.3, -0.25) is 24.5 Å². The molecule has 0 radical (unpaired) electrons. The van der Waals surface area contributed by atoms with Crippen molar-refractivity contribution in [3.8, 4) is 0 Å². The Balaban J connectivity index is 1.21. The predicted molar refractivity (Wildman–Crippen MR) is 172 cm³/mol. The Kier molecular flexibility index (Phi) is 6.18. The molecule has 224 valence electrons. The van der Waals surface area contributed by atoms with E-state index in [4.69, 9.17) is 0 Å². The van der Waals surface area contributed by atoms with Crippen LogP contribution in [0.5, 0.6) is 0 Å². The minimum Gasteiger partial charge on any atom is -0.274 e. The number of anilines is 1. The molecular formula is C37H26N4O5. The lowest BCUT2D eigenvalue weighted by atomic mass is 9.47. The van der Waals surface area contributed by atoms with Crippen LogP contribution in [0.25, 0.3) is 10.8 Å². The quantitative estimate of drug-likeness (QED) is 0.116. The molecule has 9 nitrogen and oxygen atoms in total. The van der Waals surface area contributed by atoms with E-state index in [1.807, 2.05) is 91.0 Å². The van der Waals surface area contributed by atoms with Gasteiger partial charge in [-0.15, -0.1) is 0 Å². The summed E-state index contributed by atoms with van der Waals surface area (Å²) >= 11 is 0. The van der Waals surface area contributed by atoms with Crippen molar-refractivity contribution in [2.24, 2.45) is 16.9 Å². The molecule has 9 rings (SSSR count). The highest BCUT2D eigenvalue weighted by atomic mass is 16.6. The fourth-order valence-electron chi connectivity index (χ4n) is 7.89. The number of imide groups is 1. The van der Waals surface area contributed by atoms with Crippen molar-refractivity contribution in [2.45, 2.75) is 17.8 Å². The topological polar surface area (TPSA) is 122 Å². The highest BCUT2D eigenvalue weighted by Gasteiger charge is 2.68. The van der Waals surface area contributed by atoms with Gasteiger partial charge in [-0.2, -0.15) is 5.10 Å². The van der Waals surface area contributed by atoms with E-state index in [-0.39, 0.29) is 35.5 Å². The minimum atomic E-state index is -1.15. The van der Waals surface area contributed by atoms with Crippen LogP contribution in [-0.4, -0.2) is 28.9 Å². The van der Waals surface area contributed by atoms with Gasteiger partial charge in [-0.1, -0.05) is 91.0 Å². The lowest BCUT2D eigenvalue weighted by Gasteiger charge is -2.52. The molecule has 3 amide bonds. The number of nitro benzene ring substituents is 1. The molecule has 0 spiro atoms. The number of non-ortho nitro benzene ring substituents is 1. The normalized spacial score (nSPS) is 22.5. The molecule has 5 aromatic carbocycles. The third-order valence-corrected chi connectivity index (χ3v) is 9.69. The Hall–Kier alpha value is -5.96. The SMILES string of the molecule is O=C(Cc1cccc2ccccc12)N/N=C\C12c3ccccc3C(c3ccccc31)[C@H]1C(=O)N(c3ccc([N+](=O)[O-])cc3)C(=O)[C@@H]12. The van der Waals surface area contributed by atoms with Gasteiger partial charge in [0.05, 0.1) is 34.3 Å². The summed E-state index contributed by atoms with van der Waals surface area (Å²) in [7, 11) is 0. The van der Waals surface area contributed by atoms with Gasteiger partial charge in [0.15, 0.2) is 0 Å². The third kappa shape index (κ3) is 3.88. The Labute approximate surface area is 263 Å². The summed E-state index contributed by atoms with van der Waals surface area (Å²) in [5, 5.41) is 17.8. The lowest BCUT2D eigenvalue weighted by Crippen LogP contribution is -2.54. The summed E-state index contributed by atoms with van der Waals surface area (Å²) in [5.41, 5.74) is 6.15. The standard InChI is InChI=1S/C37H26N4O5/c42-31(20-23-10-7-9-22-8-1-2-11-26(22)23)39-38-21-37-29-14-5-3-12-27(29)32(28-13-4-6-15-30(28)37)33-34(37)36(44)40(35(33)43)24-16-18-25(19-17-24)41(45)46/h1-19,21,32-34H,20H2,(H,39,42)/b38-21-/t32?,33-,34-,37?/m1/s1. The monoisotopic (exact) mass is 606 g/mol. The molecule has 5 aromatic rings. The molecular weight excluding hydrogens is 580 g/mol. The first-order chi connectivity index (χ1) is 22.4. The van der Waals surface area contributed by atoms with Crippen LogP contribution in [0, 0.1) is 22.0 Å². The maximum atomic E-state index is 14.5. The fourth-order valence-corrected chi connectivity index (χ4v) is 7.89. The maximum absolute atomic E-state index is 14.5. The van der Waals surface area contributed by atoms with Gasteiger partial charge < -0.3 is 0 Å². The van der Waals surface area contributed by atoms with E-state index in [9.17, 15) is 24.5 Å². The van der Waals surface area contributed by atoms with Crippen LogP contribution in [-0.2, 0) is 26.2 Å². The number of hydrogen-bond acceptors (Lipinski definition) is 6.